The number of nitrogens with zero attached hydrogens (tertiary/aromatic N) is 2. The average Bonchev–Trinajstić information content (AvgIpc) is 3.16. The van der Waals surface area contributed by atoms with E-state index in [1.165, 1.54) is 5.56 Å². The number of hydrogen-bond acceptors (Lipinski definition) is 3. The van der Waals surface area contributed by atoms with Gasteiger partial charge >= 0.3 is 0 Å². The molecule has 1 aliphatic rings. The molecule has 0 bridgehead atoms. The molecule has 1 N–H and O–H groups in total. The van der Waals surface area contributed by atoms with Gasteiger partial charge in [0.15, 0.2) is 0 Å². The van der Waals surface area contributed by atoms with Gasteiger partial charge in [0.2, 0.25) is 11.8 Å². The molecule has 1 saturated heterocycles. The molecular weight excluding hydrogens is 402 g/mol. The zero-order valence-corrected chi connectivity index (χ0v) is 18.2. The van der Waals surface area contributed by atoms with E-state index in [0.717, 1.165) is 16.7 Å². The number of carbonyl (C=O) groups excluding carboxylic acids is 2. The van der Waals surface area contributed by atoms with Crippen molar-refractivity contribution in [3.8, 4) is 0 Å². The summed E-state index contributed by atoms with van der Waals surface area (Å²) in [6.07, 6.45) is 2.02. The lowest BCUT2D eigenvalue weighted by Crippen LogP contribution is -2.32. The van der Waals surface area contributed by atoms with Crippen molar-refractivity contribution in [2.45, 2.75) is 33.0 Å². The van der Waals surface area contributed by atoms with Gasteiger partial charge in [-0.05, 0) is 29.7 Å². The Labute approximate surface area is 187 Å². The number of benzene rings is 2. The Kier molecular flexibility index (Phi) is 6.50. The van der Waals surface area contributed by atoms with Crippen molar-refractivity contribution in [1.29, 1.82) is 0 Å². The van der Waals surface area contributed by atoms with Crippen LogP contribution in [0.3, 0.4) is 0 Å². The van der Waals surface area contributed by atoms with Crippen LogP contribution in [0.2, 0.25) is 0 Å². The van der Waals surface area contributed by atoms with Gasteiger partial charge in [-0.1, -0.05) is 60.2 Å². The highest BCUT2D eigenvalue weighted by atomic mass is 16.2. The Bertz CT molecular complexity index is 1150. The van der Waals surface area contributed by atoms with Gasteiger partial charge in [-0.25, -0.2) is 0 Å². The zero-order chi connectivity index (χ0) is 22.5. The van der Waals surface area contributed by atoms with Crippen LogP contribution in [0.5, 0.6) is 0 Å². The van der Waals surface area contributed by atoms with Crippen LogP contribution in [0.1, 0.15) is 28.7 Å². The fourth-order valence-electron chi connectivity index (χ4n) is 3.90. The summed E-state index contributed by atoms with van der Waals surface area (Å²) in [5.41, 5.74) is 4.21. The summed E-state index contributed by atoms with van der Waals surface area (Å²) in [5.74, 6) is -0.395. The van der Waals surface area contributed by atoms with Crippen LogP contribution in [-0.2, 0) is 29.2 Å². The largest absolute Gasteiger partial charge is 0.352 e. The van der Waals surface area contributed by atoms with Gasteiger partial charge in [0, 0.05) is 38.3 Å². The maximum Gasteiger partial charge on any atom is 0.250 e. The number of pyridine rings is 1. The minimum absolute atomic E-state index is 0.0197. The molecule has 1 aliphatic heterocycles. The van der Waals surface area contributed by atoms with Crippen LogP contribution in [-0.4, -0.2) is 27.8 Å². The van der Waals surface area contributed by atoms with E-state index in [4.69, 9.17) is 0 Å². The second kappa shape index (κ2) is 9.64. The topological polar surface area (TPSA) is 71.4 Å². The Hall–Kier alpha value is -3.67. The third-order valence-electron chi connectivity index (χ3n) is 5.82. The standard InChI is InChI=1S/C26H27N3O3/c1-19-5-7-21(8-6-19)17-29-18-23(14-25(29)31)26(32)27-15-20-9-11-22(12-10-20)16-28-13-3-2-4-24(28)30/h2-13,23H,14-18H2,1H3,(H,27,32). The summed E-state index contributed by atoms with van der Waals surface area (Å²) < 4.78 is 1.65. The molecule has 2 amide bonds. The number of amides is 2. The van der Waals surface area contributed by atoms with E-state index in [0.29, 0.717) is 26.2 Å². The van der Waals surface area contributed by atoms with Gasteiger partial charge in [-0.3, -0.25) is 14.4 Å². The summed E-state index contributed by atoms with van der Waals surface area (Å²) in [5, 5.41) is 2.96. The minimum Gasteiger partial charge on any atom is -0.352 e. The third kappa shape index (κ3) is 5.32. The first-order valence-corrected chi connectivity index (χ1v) is 10.8. The number of aryl methyl sites for hydroxylation is 1. The van der Waals surface area contributed by atoms with Crippen LogP contribution in [0.15, 0.2) is 77.7 Å². The van der Waals surface area contributed by atoms with Crippen molar-refractivity contribution in [3.63, 3.8) is 0 Å². The molecule has 3 aromatic rings. The van der Waals surface area contributed by atoms with Crippen LogP contribution in [0.25, 0.3) is 0 Å². The highest BCUT2D eigenvalue weighted by Crippen LogP contribution is 2.21. The van der Waals surface area contributed by atoms with Gasteiger partial charge in [0.1, 0.15) is 0 Å². The highest BCUT2D eigenvalue weighted by molar-refractivity contribution is 5.89. The number of likely N-dealkylation sites (tertiary alicyclic amines) is 1. The average molecular weight is 430 g/mol. The maximum atomic E-state index is 12.6. The first kappa shape index (κ1) is 21.6. The van der Waals surface area contributed by atoms with Crippen LogP contribution >= 0.6 is 0 Å². The van der Waals surface area contributed by atoms with Gasteiger partial charge in [0.25, 0.3) is 5.56 Å². The fourth-order valence-corrected chi connectivity index (χ4v) is 3.90. The molecule has 1 aromatic heterocycles. The Morgan fingerprint density at radius 1 is 0.906 bits per heavy atom. The first-order chi connectivity index (χ1) is 15.5. The molecule has 164 valence electrons. The van der Waals surface area contributed by atoms with Crippen molar-refractivity contribution < 1.29 is 9.59 Å². The Morgan fingerprint density at radius 2 is 1.56 bits per heavy atom. The Balaban J connectivity index is 1.28. The van der Waals surface area contributed by atoms with E-state index >= 15 is 0 Å². The molecule has 0 radical (unpaired) electrons. The molecule has 2 aromatic carbocycles. The van der Waals surface area contributed by atoms with Crippen molar-refractivity contribution in [3.05, 3.63) is 106 Å². The molecule has 1 unspecified atom stereocenters. The molecule has 6 nitrogen and oxygen atoms in total. The predicted octanol–water partition coefficient (Wildman–Crippen LogP) is 2.87. The summed E-state index contributed by atoms with van der Waals surface area (Å²) in [4.78, 5) is 38.6. The van der Waals surface area contributed by atoms with Crippen molar-refractivity contribution in [2.24, 2.45) is 5.92 Å². The maximum absolute atomic E-state index is 12.6. The Morgan fingerprint density at radius 3 is 2.28 bits per heavy atom. The summed E-state index contributed by atoms with van der Waals surface area (Å²) >= 11 is 0. The predicted molar refractivity (Wildman–Crippen MR) is 123 cm³/mol. The second-order valence-electron chi connectivity index (χ2n) is 8.36. The van der Waals surface area contributed by atoms with Crippen molar-refractivity contribution in [2.75, 3.05) is 6.54 Å². The monoisotopic (exact) mass is 429 g/mol. The van der Waals surface area contributed by atoms with Crippen LogP contribution in [0, 0.1) is 12.8 Å². The van der Waals surface area contributed by atoms with E-state index in [1.807, 2.05) is 61.5 Å². The number of carbonyl (C=O) groups is 2. The SMILES string of the molecule is Cc1ccc(CN2CC(C(=O)NCc3ccc(Cn4ccccc4=O)cc3)CC2=O)cc1. The quantitative estimate of drug-likeness (QED) is 0.628. The second-order valence-corrected chi connectivity index (χ2v) is 8.36. The molecule has 0 spiro atoms. The summed E-state index contributed by atoms with van der Waals surface area (Å²) in [7, 11) is 0. The molecule has 1 atom stereocenters. The van der Waals surface area contributed by atoms with E-state index < -0.39 is 0 Å². The molecule has 1 fully saturated rings. The molecule has 32 heavy (non-hydrogen) atoms. The summed E-state index contributed by atoms with van der Waals surface area (Å²) in [6.45, 7) is 3.93. The molecule has 4 rings (SSSR count). The van der Waals surface area contributed by atoms with Gasteiger partial charge < -0.3 is 14.8 Å². The smallest absolute Gasteiger partial charge is 0.250 e. The summed E-state index contributed by atoms with van der Waals surface area (Å²) in [6, 6.07) is 21.0. The van der Waals surface area contributed by atoms with E-state index in [2.05, 4.69) is 5.32 Å². The van der Waals surface area contributed by atoms with Gasteiger partial charge in [-0.2, -0.15) is 0 Å². The lowest BCUT2D eigenvalue weighted by Gasteiger charge is -2.17. The number of rotatable bonds is 7. The molecule has 0 saturated carbocycles. The van der Waals surface area contributed by atoms with E-state index in [1.54, 1.807) is 27.8 Å². The van der Waals surface area contributed by atoms with Gasteiger partial charge in [-0.15, -0.1) is 0 Å². The molecule has 2 heterocycles. The zero-order valence-electron chi connectivity index (χ0n) is 18.2. The van der Waals surface area contributed by atoms with Crippen molar-refractivity contribution in [1.82, 2.24) is 14.8 Å². The molecule has 6 heteroatoms. The highest BCUT2D eigenvalue weighted by Gasteiger charge is 2.34. The molecular formula is C26H27N3O3. The van der Waals surface area contributed by atoms with E-state index in [9.17, 15) is 14.4 Å². The van der Waals surface area contributed by atoms with Crippen LogP contribution in [0.4, 0.5) is 0 Å². The number of aromatic nitrogens is 1. The van der Waals surface area contributed by atoms with Crippen LogP contribution < -0.4 is 10.9 Å². The van der Waals surface area contributed by atoms with Crippen molar-refractivity contribution >= 4 is 11.8 Å². The lowest BCUT2D eigenvalue weighted by molar-refractivity contribution is -0.129. The normalized spacial score (nSPS) is 15.7. The molecule has 0 aliphatic carbocycles. The number of nitrogens with one attached hydrogen (secondary N) is 1. The van der Waals surface area contributed by atoms with E-state index in [-0.39, 0.29) is 29.7 Å². The first-order valence-electron chi connectivity index (χ1n) is 10.8. The number of hydrogen-bond donors (Lipinski definition) is 1. The van der Waals surface area contributed by atoms with Gasteiger partial charge in [0.05, 0.1) is 12.5 Å². The lowest BCUT2D eigenvalue weighted by atomic mass is 10.1. The fraction of sp³-hybridized carbons (Fsp3) is 0.269. The third-order valence-corrected chi connectivity index (χ3v) is 5.82. The minimum atomic E-state index is -0.322.